The zero-order valence-electron chi connectivity index (χ0n) is 15.0. The molecule has 2 rings (SSSR count). The maximum Gasteiger partial charge on any atom is 0.230 e. The third-order valence-electron chi connectivity index (χ3n) is 4.69. The number of rotatable bonds is 5. The molecule has 1 aliphatic carbocycles. The number of hydrogen-bond donors (Lipinski definition) is 2. The van der Waals surface area contributed by atoms with Gasteiger partial charge in [0.05, 0.1) is 5.41 Å². The maximum atomic E-state index is 13.7. The Labute approximate surface area is 147 Å². The van der Waals surface area contributed by atoms with E-state index in [1.807, 2.05) is 0 Å². The summed E-state index contributed by atoms with van der Waals surface area (Å²) < 4.78 is 26.9. The van der Waals surface area contributed by atoms with Crippen molar-refractivity contribution in [2.24, 2.45) is 10.4 Å². The second-order valence-corrected chi connectivity index (χ2v) is 6.70. The van der Waals surface area contributed by atoms with Crippen LogP contribution in [0.3, 0.4) is 0 Å². The highest BCUT2D eigenvalue weighted by atomic mass is 19.1. The first-order valence-corrected chi connectivity index (χ1v) is 8.48. The number of aliphatic imine (C=N–C) groups is 1. The second kappa shape index (κ2) is 8.27. The summed E-state index contributed by atoms with van der Waals surface area (Å²) in [6, 6.07) is 3.35. The first-order valence-electron chi connectivity index (χ1n) is 8.48. The number of benzene rings is 1. The Morgan fingerprint density at radius 3 is 2.52 bits per heavy atom. The van der Waals surface area contributed by atoms with Gasteiger partial charge in [0.15, 0.2) is 5.96 Å². The van der Waals surface area contributed by atoms with E-state index in [1.165, 1.54) is 0 Å². The molecule has 7 heteroatoms. The van der Waals surface area contributed by atoms with Crippen molar-refractivity contribution in [3.8, 4) is 0 Å². The van der Waals surface area contributed by atoms with Crippen LogP contribution in [0.2, 0.25) is 0 Å². The van der Waals surface area contributed by atoms with Gasteiger partial charge in [0.25, 0.3) is 0 Å². The third-order valence-corrected chi connectivity index (χ3v) is 4.69. The molecule has 25 heavy (non-hydrogen) atoms. The molecule has 1 aromatic carbocycles. The molecule has 0 radical (unpaired) electrons. The molecule has 5 nitrogen and oxygen atoms in total. The summed E-state index contributed by atoms with van der Waals surface area (Å²) in [4.78, 5) is 18.3. The number of carbonyl (C=O) groups is 1. The van der Waals surface area contributed by atoms with Gasteiger partial charge in [-0.25, -0.2) is 8.78 Å². The zero-order valence-corrected chi connectivity index (χ0v) is 15.0. The minimum Gasteiger partial charge on any atom is -0.355 e. The van der Waals surface area contributed by atoms with E-state index >= 15 is 0 Å². The molecule has 2 N–H and O–H groups in total. The molecule has 138 valence electrons. The van der Waals surface area contributed by atoms with Gasteiger partial charge in [-0.15, -0.1) is 0 Å². The summed E-state index contributed by atoms with van der Waals surface area (Å²) in [6.07, 6.45) is 3.74. The predicted octanol–water partition coefficient (Wildman–Crippen LogP) is 2.28. The van der Waals surface area contributed by atoms with Gasteiger partial charge in [-0.2, -0.15) is 0 Å². The van der Waals surface area contributed by atoms with Crippen LogP contribution in [0.25, 0.3) is 0 Å². The Bertz CT molecular complexity index is 640. The minimum absolute atomic E-state index is 0.109. The third kappa shape index (κ3) is 4.67. The van der Waals surface area contributed by atoms with E-state index in [2.05, 4.69) is 15.6 Å². The summed E-state index contributed by atoms with van der Waals surface area (Å²) in [5.41, 5.74) is -0.200. The first-order chi connectivity index (χ1) is 11.9. The van der Waals surface area contributed by atoms with Crippen molar-refractivity contribution in [2.75, 3.05) is 27.7 Å². The Hall–Kier alpha value is -2.18. The molecule has 0 bridgehead atoms. The fraction of sp³-hybridized carbons (Fsp3) is 0.556. The van der Waals surface area contributed by atoms with Crippen LogP contribution in [0, 0.1) is 17.0 Å². The molecule has 0 aliphatic heterocycles. The van der Waals surface area contributed by atoms with Gasteiger partial charge < -0.3 is 15.5 Å². The molecule has 1 amide bonds. The fourth-order valence-corrected chi connectivity index (χ4v) is 3.32. The van der Waals surface area contributed by atoms with Crippen LogP contribution < -0.4 is 10.6 Å². The van der Waals surface area contributed by atoms with Gasteiger partial charge in [0, 0.05) is 39.8 Å². The highest BCUT2D eigenvalue weighted by Gasteiger charge is 2.42. The molecule has 0 aromatic heterocycles. The molecule has 0 spiro atoms. The summed E-state index contributed by atoms with van der Waals surface area (Å²) in [5, 5.41) is 6.14. The smallest absolute Gasteiger partial charge is 0.230 e. The average molecular weight is 352 g/mol. The van der Waals surface area contributed by atoms with E-state index in [4.69, 9.17) is 0 Å². The lowest BCUT2D eigenvalue weighted by molar-refractivity contribution is -0.138. The molecule has 0 atom stereocenters. The number of carbonyl (C=O) groups excluding carboxylic acids is 1. The predicted molar refractivity (Wildman–Crippen MR) is 94.2 cm³/mol. The summed E-state index contributed by atoms with van der Waals surface area (Å²) in [5.74, 6) is -0.382. The van der Waals surface area contributed by atoms with Gasteiger partial charge in [-0.3, -0.25) is 9.79 Å². The maximum absolute atomic E-state index is 13.7. The minimum atomic E-state index is -0.484. The molecule has 1 saturated carbocycles. The highest BCUT2D eigenvalue weighted by molar-refractivity contribution is 5.85. The lowest BCUT2D eigenvalue weighted by Crippen LogP contribution is -2.49. The van der Waals surface area contributed by atoms with Crippen molar-refractivity contribution >= 4 is 11.9 Å². The van der Waals surface area contributed by atoms with Crippen LogP contribution in [0.5, 0.6) is 0 Å². The van der Waals surface area contributed by atoms with E-state index in [-0.39, 0.29) is 18.0 Å². The summed E-state index contributed by atoms with van der Waals surface area (Å²) in [6.45, 7) is 0.577. The zero-order chi connectivity index (χ0) is 18.4. The lowest BCUT2D eigenvalue weighted by atomic mass is 9.84. The van der Waals surface area contributed by atoms with Crippen molar-refractivity contribution < 1.29 is 13.6 Å². The number of halogens is 2. The Kier molecular flexibility index (Phi) is 6.33. The molecule has 0 unspecified atom stereocenters. The van der Waals surface area contributed by atoms with Gasteiger partial charge >= 0.3 is 0 Å². The highest BCUT2D eigenvalue weighted by Crippen LogP contribution is 2.38. The van der Waals surface area contributed by atoms with Crippen LogP contribution in [0.4, 0.5) is 8.78 Å². The number of hydrogen-bond acceptors (Lipinski definition) is 2. The van der Waals surface area contributed by atoms with Gasteiger partial charge in [-0.05, 0) is 31.0 Å². The number of nitrogens with one attached hydrogen (secondary N) is 2. The normalized spacial score (nSPS) is 16.6. The van der Waals surface area contributed by atoms with Crippen LogP contribution in [0.1, 0.15) is 31.2 Å². The van der Waals surface area contributed by atoms with Gasteiger partial charge in [-0.1, -0.05) is 12.8 Å². The van der Waals surface area contributed by atoms with E-state index in [0.717, 1.165) is 43.9 Å². The largest absolute Gasteiger partial charge is 0.355 e. The van der Waals surface area contributed by atoms with Gasteiger partial charge in [0.1, 0.15) is 11.6 Å². The van der Waals surface area contributed by atoms with Crippen molar-refractivity contribution in [3.63, 3.8) is 0 Å². The molecular weight excluding hydrogens is 326 g/mol. The second-order valence-electron chi connectivity index (χ2n) is 6.70. The molecule has 1 aliphatic rings. The topological polar surface area (TPSA) is 56.7 Å². The van der Waals surface area contributed by atoms with Gasteiger partial charge in [0.2, 0.25) is 5.91 Å². The van der Waals surface area contributed by atoms with E-state index in [9.17, 15) is 13.6 Å². The van der Waals surface area contributed by atoms with Crippen LogP contribution in [-0.4, -0.2) is 44.5 Å². The standard InChI is InChI=1S/C18H26F2N4O/c1-21-17(22-11-13-10-14(19)6-7-15(13)20)23-12-18(8-4-5-9-18)16(25)24(2)3/h6-7,10H,4-5,8-9,11-12H2,1-3H3,(H2,21,22,23). The van der Waals surface area contributed by atoms with Crippen LogP contribution in [-0.2, 0) is 11.3 Å². The Morgan fingerprint density at radius 2 is 1.92 bits per heavy atom. The Morgan fingerprint density at radius 1 is 1.24 bits per heavy atom. The van der Waals surface area contributed by atoms with Crippen molar-refractivity contribution in [3.05, 3.63) is 35.4 Å². The van der Waals surface area contributed by atoms with Crippen LogP contribution in [0.15, 0.2) is 23.2 Å². The van der Waals surface area contributed by atoms with Crippen LogP contribution >= 0.6 is 0 Å². The van der Waals surface area contributed by atoms with Crippen molar-refractivity contribution in [1.82, 2.24) is 15.5 Å². The number of nitrogens with zero attached hydrogens (tertiary/aromatic N) is 2. The molecule has 1 fully saturated rings. The monoisotopic (exact) mass is 352 g/mol. The SMILES string of the molecule is CN=C(NCc1cc(F)ccc1F)NCC1(C(=O)N(C)C)CCCC1. The molecule has 0 saturated heterocycles. The summed E-state index contributed by atoms with van der Waals surface area (Å²) >= 11 is 0. The first kappa shape index (κ1) is 19.1. The number of amides is 1. The fourth-order valence-electron chi connectivity index (χ4n) is 3.32. The van der Waals surface area contributed by atoms with E-state index < -0.39 is 17.0 Å². The van der Waals surface area contributed by atoms with Crippen molar-refractivity contribution in [2.45, 2.75) is 32.2 Å². The molecule has 1 aromatic rings. The quantitative estimate of drug-likeness (QED) is 0.631. The van der Waals surface area contributed by atoms with E-state index in [1.54, 1.807) is 26.0 Å². The average Bonchev–Trinajstić information content (AvgIpc) is 3.07. The van der Waals surface area contributed by atoms with Crippen molar-refractivity contribution in [1.29, 1.82) is 0 Å². The summed E-state index contributed by atoms with van der Waals surface area (Å²) in [7, 11) is 5.14. The van der Waals surface area contributed by atoms with E-state index in [0.29, 0.717) is 12.5 Å². The lowest BCUT2D eigenvalue weighted by Gasteiger charge is -2.31. The number of guanidine groups is 1. The molecule has 0 heterocycles. The Balaban J connectivity index is 1.97. The molecular formula is C18H26F2N4O.